The number of hydrazone groups is 1. The Morgan fingerprint density at radius 2 is 1.76 bits per heavy atom. The van der Waals surface area contributed by atoms with Crippen LogP contribution < -0.4 is 5.43 Å². The zero-order valence-corrected chi connectivity index (χ0v) is 18.1. The minimum atomic E-state index is -0.765. The van der Waals surface area contributed by atoms with E-state index >= 15 is 0 Å². The van der Waals surface area contributed by atoms with Crippen molar-refractivity contribution in [3.63, 3.8) is 0 Å². The van der Waals surface area contributed by atoms with Crippen molar-refractivity contribution in [3.05, 3.63) is 119 Å². The van der Waals surface area contributed by atoms with Gasteiger partial charge >= 0.3 is 0 Å². The molecule has 5 nitrogen and oxygen atoms in total. The minimum Gasteiger partial charge on any atom is -0.342 e. The molecule has 0 spiro atoms. The molecule has 1 heterocycles. The fraction of sp³-hybridized carbons (Fsp3) is 0.0357. The maximum Gasteiger partial charge on any atom is 0.274 e. The fourth-order valence-electron chi connectivity index (χ4n) is 4.11. The standard InChI is InChI=1S/C28H19FN4O/c29-26-14-19(15-30)12-13-25(26)28(34)32-31-16-22-18-33(27-11-4-3-10-24(22)27)17-21-8-5-7-20-6-1-2-9-23(20)21/h1-14,16,18H,17H2,(H,32,34). The van der Waals surface area contributed by atoms with E-state index in [0.717, 1.165) is 22.5 Å². The van der Waals surface area contributed by atoms with Gasteiger partial charge in [0.15, 0.2) is 0 Å². The number of rotatable bonds is 5. The molecule has 0 saturated carbocycles. The summed E-state index contributed by atoms with van der Waals surface area (Å²) in [4.78, 5) is 12.3. The second kappa shape index (κ2) is 9.00. The lowest BCUT2D eigenvalue weighted by atomic mass is 10.0. The van der Waals surface area contributed by atoms with E-state index in [9.17, 15) is 9.18 Å². The third-order valence-electron chi connectivity index (χ3n) is 5.75. The molecule has 0 atom stereocenters. The first-order valence-electron chi connectivity index (χ1n) is 10.7. The predicted octanol–water partition coefficient (Wildman–Crippen LogP) is 5.62. The summed E-state index contributed by atoms with van der Waals surface area (Å²) >= 11 is 0. The molecule has 6 heteroatoms. The number of carbonyl (C=O) groups excluding carboxylic acids is 1. The van der Waals surface area contributed by atoms with Crippen LogP contribution in [-0.2, 0) is 6.54 Å². The van der Waals surface area contributed by atoms with E-state index in [-0.39, 0.29) is 11.1 Å². The summed E-state index contributed by atoms with van der Waals surface area (Å²) in [6.45, 7) is 0.679. The number of hydrogen-bond acceptors (Lipinski definition) is 3. The topological polar surface area (TPSA) is 70.2 Å². The molecule has 0 saturated heterocycles. The molecule has 0 fully saturated rings. The summed E-state index contributed by atoms with van der Waals surface area (Å²) in [5.41, 5.74) is 5.42. The van der Waals surface area contributed by atoms with Gasteiger partial charge in [-0.05, 0) is 40.6 Å². The first kappa shape index (κ1) is 21.1. The smallest absolute Gasteiger partial charge is 0.274 e. The average Bonchev–Trinajstić information content (AvgIpc) is 3.21. The number of carbonyl (C=O) groups is 1. The summed E-state index contributed by atoms with van der Waals surface area (Å²) in [7, 11) is 0. The Balaban J connectivity index is 1.42. The first-order chi connectivity index (χ1) is 16.6. The van der Waals surface area contributed by atoms with E-state index < -0.39 is 11.7 Å². The first-order valence-corrected chi connectivity index (χ1v) is 10.7. The molecule has 0 bridgehead atoms. The lowest BCUT2D eigenvalue weighted by Crippen LogP contribution is -2.19. The van der Waals surface area contributed by atoms with Crippen LogP contribution in [0.25, 0.3) is 21.7 Å². The monoisotopic (exact) mass is 446 g/mol. The number of nitriles is 1. The average molecular weight is 446 g/mol. The van der Waals surface area contributed by atoms with E-state index in [0.29, 0.717) is 6.54 Å². The highest BCUT2D eigenvalue weighted by Crippen LogP contribution is 2.24. The van der Waals surface area contributed by atoms with E-state index in [2.05, 4.69) is 45.4 Å². The Hall–Kier alpha value is -4.76. The van der Waals surface area contributed by atoms with Crippen LogP contribution in [0.15, 0.2) is 96.2 Å². The molecule has 0 unspecified atom stereocenters. The van der Waals surface area contributed by atoms with E-state index in [1.807, 2.05) is 48.7 Å². The molecule has 164 valence electrons. The Morgan fingerprint density at radius 3 is 2.59 bits per heavy atom. The van der Waals surface area contributed by atoms with Crippen LogP contribution in [0.3, 0.4) is 0 Å². The van der Waals surface area contributed by atoms with Crippen molar-refractivity contribution in [1.82, 2.24) is 9.99 Å². The summed E-state index contributed by atoms with van der Waals surface area (Å²) in [6, 6.07) is 28.1. The van der Waals surface area contributed by atoms with Gasteiger partial charge in [0, 0.05) is 29.2 Å². The third kappa shape index (κ3) is 4.03. The molecule has 1 amide bonds. The maximum absolute atomic E-state index is 14.1. The van der Waals surface area contributed by atoms with Crippen molar-refractivity contribution >= 4 is 33.8 Å². The molecule has 5 rings (SSSR count). The van der Waals surface area contributed by atoms with Gasteiger partial charge in [-0.3, -0.25) is 4.79 Å². The summed E-state index contributed by atoms with van der Waals surface area (Å²) in [5.74, 6) is -1.45. The Bertz CT molecular complexity index is 1610. The van der Waals surface area contributed by atoms with Gasteiger partial charge in [0.2, 0.25) is 0 Å². The van der Waals surface area contributed by atoms with Crippen molar-refractivity contribution in [3.8, 4) is 6.07 Å². The number of hydrogen-bond donors (Lipinski definition) is 1. The Morgan fingerprint density at radius 1 is 1.00 bits per heavy atom. The van der Waals surface area contributed by atoms with Gasteiger partial charge in [0.25, 0.3) is 5.91 Å². The molecule has 34 heavy (non-hydrogen) atoms. The van der Waals surface area contributed by atoms with Crippen LogP contribution in [-0.4, -0.2) is 16.7 Å². The van der Waals surface area contributed by atoms with E-state index in [4.69, 9.17) is 5.26 Å². The number of aromatic nitrogens is 1. The molecule has 1 aromatic heterocycles. The minimum absolute atomic E-state index is 0.150. The highest BCUT2D eigenvalue weighted by Gasteiger charge is 2.12. The van der Waals surface area contributed by atoms with Gasteiger partial charge in [-0.1, -0.05) is 60.7 Å². The molecule has 0 aliphatic heterocycles. The molecule has 5 aromatic rings. The SMILES string of the molecule is N#Cc1ccc(C(=O)NN=Cc2cn(Cc3cccc4ccccc34)c3ccccc23)c(F)c1. The summed E-state index contributed by atoms with van der Waals surface area (Å²) in [6.07, 6.45) is 3.55. The quantitative estimate of drug-likeness (QED) is 0.281. The Labute approximate surface area is 195 Å². The number of fused-ring (bicyclic) bond motifs is 2. The van der Waals surface area contributed by atoms with E-state index in [1.54, 1.807) is 6.21 Å². The zero-order chi connectivity index (χ0) is 23.5. The van der Waals surface area contributed by atoms with Crippen molar-refractivity contribution in [1.29, 1.82) is 5.26 Å². The normalized spacial score (nSPS) is 11.2. The van der Waals surface area contributed by atoms with Crippen LogP contribution in [0.2, 0.25) is 0 Å². The molecule has 4 aromatic carbocycles. The third-order valence-corrected chi connectivity index (χ3v) is 5.75. The lowest BCUT2D eigenvalue weighted by molar-refractivity contribution is 0.0951. The molecule has 0 aliphatic rings. The van der Waals surface area contributed by atoms with Crippen LogP contribution >= 0.6 is 0 Å². The number of para-hydroxylation sites is 1. The largest absolute Gasteiger partial charge is 0.342 e. The van der Waals surface area contributed by atoms with Gasteiger partial charge in [-0.2, -0.15) is 10.4 Å². The van der Waals surface area contributed by atoms with Gasteiger partial charge < -0.3 is 4.57 Å². The number of nitrogens with one attached hydrogen (secondary N) is 1. The number of amides is 1. The molecule has 0 radical (unpaired) electrons. The second-order valence-electron chi connectivity index (χ2n) is 7.87. The van der Waals surface area contributed by atoms with Gasteiger partial charge in [-0.25, -0.2) is 9.82 Å². The predicted molar refractivity (Wildman–Crippen MR) is 131 cm³/mol. The fourth-order valence-corrected chi connectivity index (χ4v) is 4.11. The maximum atomic E-state index is 14.1. The number of benzene rings is 4. The number of halogens is 1. The van der Waals surface area contributed by atoms with Crippen molar-refractivity contribution < 1.29 is 9.18 Å². The summed E-state index contributed by atoms with van der Waals surface area (Å²) < 4.78 is 16.3. The highest BCUT2D eigenvalue weighted by atomic mass is 19.1. The Kier molecular flexibility index (Phi) is 5.59. The van der Waals surface area contributed by atoms with Crippen molar-refractivity contribution in [2.45, 2.75) is 6.54 Å². The molecular weight excluding hydrogens is 427 g/mol. The van der Waals surface area contributed by atoms with Gasteiger partial charge in [0.1, 0.15) is 5.82 Å². The zero-order valence-electron chi connectivity index (χ0n) is 18.1. The van der Waals surface area contributed by atoms with Crippen LogP contribution in [0, 0.1) is 17.1 Å². The van der Waals surface area contributed by atoms with Gasteiger partial charge in [0.05, 0.1) is 23.4 Å². The van der Waals surface area contributed by atoms with Crippen LogP contribution in [0.5, 0.6) is 0 Å². The number of nitrogens with zero attached hydrogens (tertiary/aromatic N) is 3. The molecular formula is C28H19FN4O. The molecule has 1 N–H and O–H groups in total. The van der Waals surface area contributed by atoms with Crippen molar-refractivity contribution in [2.24, 2.45) is 5.10 Å². The lowest BCUT2D eigenvalue weighted by Gasteiger charge is -2.09. The van der Waals surface area contributed by atoms with Crippen molar-refractivity contribution in [2.75, 3.05) is 0 Å². The summed E-state index contributed by atoms with van der Waals surface area (Å²) in [5, 5.41) is 16.3. The van der Waals surface area contributed by atoms with Crippen LogP contribution in [0.1, 0.15) is 27.0 Å². The second-order valence-corrected chi connectivity index (χ2v) is 7.87. The van der Waals surface area contributed by atoms with Crippen LogP contribution in [0.4, 0.5) is 4.39 Å². The van der Waals surface area contributed by atoms with Gasteiger partial charge in [-0.15, -0.1) is 0 Å². The highest BCUT2D eigenvalue weighted by molar-refractivity contribution is 6.01. The van der Waals surface area contributed by atoms with E-state index in [1.165, 1.54) is 28.5 Å². The molecule has 0 aliphatic carbocycles.